The summed E-state index contributed by atoms with van der Waals surface area (Å²) in [7, 11) is 1.77. The van der Waals surface area contributed by atoms with Crippen molar-refractivity contribution < 1.29 is 13.6 Å². The van der Waals surface area contributed by atoms with Crippen LogP contribution in [0.5, 0.6) is 0 Å². The predicted molar refractivity (Wildman–Crippen MR) is 125 cm³/mol. The molecular weight excluding hydrogens is 470 g/mol. The van der Waals surface area contributed by atoms with E-state index in [-0.39, 0.29) is 29.2 Å². The number of hydrogen-bond acceptors (Lipinski definition) is 7. The van der Waals surface area contributed by atoms with E-state index in [9.17, 15) is 4.79 Å². The Morgan fingerprint density at radius 1 is 1.11 bits per heavy atom. The van der Waals surface area contributed by atoms with Gasteiger partial charge in [-0.3, -0.25) is 9.48 Å². The second kappa shape index (κ2) is 8.59. The van der Waals surface area contributed by atoms with Gasteiger partial charge in [-0.2, -0.15) is 15.0 Å². The fourth-order valence-corrected chi connectivity index (χ4v) is 3.57. The van der Waals surface area contributed by atoms with Crippen molar-refractivity contribution in [2.45, 2.75) is 32.9 Å². The zero-order valence-corrected chi connectivity index (χ0v) is 19.9. The van der Waals surface area contributed by atoms with Gasteiger partial charge in [0.25, 0.3) is 11.7 Å². The molecule has 36 heavy (non-hydrogen) atoms. The highest BCUT2D eigenvalue weighted by atomic mass is 19.1. The summed E-state index contributed by atoms with van der Waals surface area (Å²) in [5.74, 6) is -2.22. The number of nitrogens with zero attached hydrogens (tertiary/aromatic N) is 9. The van der Waals surface area contributed by atoms with Crippen LogP contribution in [0.2, 0.25) is 0 Å². The van der Waals surface area contributed by atoms with Crippen molar-refractivity contribution >= 4 is 11.4 Å². The summed E-state index contributed by atoms with van der Waals surface area (Å²) in [5, 5.41) is 22.5. The summed E-state index contributed by atoms with van der Waals surface area (Å²) in [5.41, 5.74) is 1.41. The normalized spacial score (nSPS) is 11.8. The minimum absolute atomic E-state index is 0.0337. The summed E-state index contributed by atoms with van der Waals surface area (Å²) in [6.07, 6.45) is 6.63. The van der Waals surface area contributed by atoms with Crippen LogP contribution in [-0.2, 0) is 19.1 Å². The van der Waals surface area contributed by atoms with Crippen molar-refractivity contribution in [3.8, 4) is 22.5 Å². The van der Waals surface area contributed by atoms with Gasteiger partial charge in [-0.15, -0.1) is 10.2 Å². The van der Waals surface area contributed by atoms with Crippen molar-refractivity contribution in [2.24, 2.45) is 7.05 Å². The summed E-state index contributed by atoms with van der Waals surface area (Å²) < 4.78 is 33.5. The highest BCUT2D eigenvalue weighted by molar-refractivity contribution is 5.90. The average molecular weight is 492 g/mol. The Morgan fingerprint density at radius 3 is 2.61 bits per heavy atom. The number of hydrogen-bond donors (Lipinski definition) is 1. The first-order valence-corrected chi connectivity index (χ1v) is 11.0. The van der Waals surface area contributed by atoms with E-state index in [1.54, 1.807) is 47.1 Å². The van der Waals surface area contributed by atoms with Crippen molar-refractivity contribution in [1.29, 1.82) is 0 Å². The van der Waals surface area contributed by atoms with Crippen LogP contribution in [0.3, 0.4) is 0 Å². The van der Waals surface area contributed by atoms with E-state index < -0.39 is 23.1 Å². The van der Waals surface area contributed by atoms with E-state index in [0.29, 0.717) is 16.8 Å². The summed E-state index contributed by atoms with van der Waals surface area (Å²) in [6.45, 7) is 5.30. The SMILES string of the molecule is Cn1cc(-c2cn3nccc3c(-c3cc(F)c(CNC(=O)c4nnn(C(C)(C)C)n4)cc3F)n2)cn1. The van der Waals surface area contributed by atoms with Gasteiger partial charge < -0.3 is 5.32 Å². The molecule has 4 heterocycles. The third-order valence-corrected chi connectivity index (χ3v) is 5.44. The Kier molecular flexibility index (Phi) is 5.54. The molecule has 0 aliphatic rings. The topological polar surface area (TPSA) is 121 Å². The lowest BCUT2D eigenvalue weighted by molar-refractivity contribution is 0.0939. The lowest BCUT2D eigenvalue weighted by atomic mass is 10.1. The molecule has 4 aromatic heterocycles. The molecule has 0 atom stereocenters. The zero-order valence-electron chi connectivity index (χ0n) is 19.9. The molecule has 0 unspecified atom stereocenters. The van der Waals surface area contributed by atoms with Gasteiger partial charge in [-0.1, -0.05) is 0 Å². The number of aromatic nitrogens is 9. The number of nitrogens with one attached hydrogen (secondary N) is 1. The van der Waals surface area contributed by atoms with E-state index >= 15 is 8.78 Å². The second-order valence-electron chi connectivity index (χ2n) is 9.22. The fraction of sp³-hybridized carbons (Fsp3) is 0.261. The quantitative estimate of drug-likeness (QED) is 0.400. The van der Waals surface area contributed by atoms with Gasteiger partial charge >= 0.3 is 0 Å². The molecule has 5 rings (SSSR count). The highest BCUT2D eigenvalue weighted by Gasteiger charge is 2.22. The monoisotopic (exact) mass is 492 g/mol. The minimum atomic E-state index is -0.704. The Bertz CT molecular complexity index is 1590. The maximum absolute atomic E-state index is 15.3. The van der Waals surface area contributed by atoms with Crippen molar-refractivity contribution in [3.63, 3.8) is 0 Å². The van der Waals surface area contributed by atoms with E-state index in [1.165, 1.54) is 4.80 Å². The molecule has 0 saturated carbocycles. The van der Waals surface area contributed by atoms with Crippen LogP contribution >= 0.6 is 0 Å². The van der Waals surface area contributed by atoms with Crippen molar-refractivity contribution in [2.75, 3.05) is 0 Å². The van der Waals surface area contributed by atoms with Gasteiger partial charge in [0, 0.05) is 36.5 Å². The number of rotatable bonds is 5. The number of fused-ring (bicyclic) bond motifs is 1. The van der Waals surface area contributed by atoms with E-state index in [2.05, 4.69) is 35.9 Å². The smallest absolute Gasteiger partial charge is 0.293 e. The van der Waals surface area contributed by atoms with Crippen LogP contribution < -0.4 is 5.32 Å². The number of carbonyl (C=O) groups excluding carboxylic acids is 1. The number of amides is 1. The van der Waals surface area contributed by atoms with E-state index in [1.807, 2.05) is 20.8 Å². The molecule has 0 saturated heterocycles. The third-order valence-electron chi connectivity index (χ3n) is 5.44. The Morgan fingerprint density at radius 2 is 1.92 bits per heavy atom. The maximum Gasteiger partial charge on any atom is 0.293 e. The molecule has 0 aliphatic carbocycles. The van der Waals surface area contributed by atoms with Crippen LogP contribution in [0.1, 0.15) is 37.0 Å². The first kappa shape index (κ1) is 23.2. The first-order valence-electron chi connectivity index (χ1n) is 11.0. The van der Waals surface area contributed by atoms with Crippen LogP contribution in [0.15, 0.2) is 43.0 Å². The zero-order chi connectivity index (χ0) is 25.6. The standard InChI is InChI=1S/C23H22F2N10O/c1-23(2,3)35-31-21(30-32-35)22(36)26-9-13-7-17(25)15(8-16(13)24)20-19-5-6-27-34(19)12-18(29-20)14-10-28-33(4)11-14/h5-8,10-12H,9H2,1-4H3,(H,26,36). The molecule has 5 aromatic rings. The molecule has 1 amide bonds. The lowest BCUT2D eigenvalue weighted by Crippen LogP contribution is -2.27. The molecule has 0 spiro atoms. The summed E-state index contributed by atoms with van der Waals surface area (Å²) in [4.78, 5) is 18.3. The van der Waals surface area contributed by atoms with Crippen molar-refractivity contribution in [3.05, 3.63) is 66.0 Å². The van der Waals surface area contributed by atoms with Gasteiger partial charge in [-0.25, -0.2) is 18.3 Å². The molecule has 13 heteroatoms. The molecule has 184 valence electrons. The number of carbonyl (C=O) groups is 1. The Balaban J connectivity index is 1.43. The second-order valence-corrected chi connectivity index (χ2v) is 9.22. The average Bonchev–Trinajstić information content (AvgIpc) is 3.58. The van der Waals surface area contributed by atoms with Gasteiger partial charge in [0.1, 0.15) is 11.6 Å². The lowest BCUT2D eigenvalue weighted by Gasteiger charge is -2.15. The molecule has 11 nitrogen and oxygen atoms in total. The minimum Gasteiger partial charge on any atom is -0.345 e. The molecule has 0 bridgehead atoms. The molecule has 0 fully saturated rings. The molecule has 0 aliphatic heterocycles. The fourth-order valence-electron chi connectivity index (χ4n) is 3.57. The van der Waals surface area contributed by atoms with Gasteiger partial charge in [0.15, 0.2) is 0 Å². The predicted octanol–water partition coefficient (Wildman–Crippen LogP) is 2.75. The highest BCUT2D eigenvalue weighted by Crippen LogP contribution is 2.30. The van der Waals surface area contributed by atoms with Crippen molar-refractivity contribution in [1.82, 2.24) is 49.9 Å². The molecule has 1 aromatic carbocycles. The van der Waals surface area contributed by atoms with Crippen LogP contribution in [0.25, 0.3) is 28.0 Å². The first-order chi connectivity index (χ1) is 17.1. The molecule has 0 radical (unpaired) electrons. The van der Waals surface area contributed by atoms with Crippen LogP contribution in [0.4, 0.5) is 8.78 Å². The largest absolute Gasteiger partial charge is 0.345 e. The number of benzene rings is 1. The van der Waals surface area contributed by atoms with E-state index in [0.717, 1.165) is 12.1 Å². The molecule has 1 N–H and O–H groups in total. The number of aryl methyl sites for hydroxylation is 1. The van der Waals surface area contributed by atoms with Gasteiger partial charge in [0.05, 0.1) is 41.0 Å². The summed E-state index contributed by atoms with van der Waals surface area (Å²) >= 11 is 0. The third kappa shape index (κ3) is 4.30. The summed E-state index contributed by atoms with van der Waals surface area (Å²) in [6, 6.07) is 3.77. The van der Waals surface area contributed by atoms with E-state index in [4.69, 9.17) is 0 Å². The Hall–Kier alpha value is -4.55. The number of halogens is 2. The van der Waals surface area contributed by atoms with Gasteiger partial charge in [0.2, 0.25) is 0 Å². The maximum atomic E-state index is 15.3. The number of tetrazole rings is 1. The van der Waals surface area contributed by atoms with Crippen LogP contribution in [-0.4, -0.2) is 50.5 Å². The van der Waals surface area contributed by atoms with Crippen LogP contribution in [0, 0.1) is 11.6 Å². The van der Waals surface area contributed by atoms with Gasteiger partial charge in [-0.05, 0) is 44.2 Å². The molecular formula is C23H22F2N10O. The Labute approximate surface area is 203 Å².